The lowest BCUT2D eigenvalue weighted by Crippen LogP contribution is -2.17. The summed E-state index contributed by atoms with van der Waals surface area (Å²) >= 11 is 0. The summed E-state index contributed by atoms with van der Waals surface area (Å²) in [4.78, 5) is 24.4. The average Bonchev–Trinajstić information content (AvgIpc) is 2.68. The number of anilines is 1. The van der Waals surface area contributed by atoms with Crippen molar-refractivity contribution in [1.82, 2.24) is 0 Å². The molecule has 0 unspecified atom stereocenters. The van der Waals surface area contributed by atoms with E-state index >= 15 is 0 Å². The van der Waals surface area contributed by atoms with E-state index in [4.69, 9.17) is 0 Å². The van der Waals surface area contributed by atoms with Crippen LogP contribution >= 0.6 is 0 Å². The van der Waals surface area contributed by atoms with Gasteiger partial charge in [-0.15, -0.1) is 0 Å². The van der Waals surface area contributed by atoms with E-state index in [-0.39, 0.29) is 27.3 Å². The second kappa shape index (κ2) is 7.43. The SMILES string of the molecule is O=C(O)c1ccccc1C(=O)c1ccccc1NS(=O)(=O)c1ccccc1. The molecule has 2 N–H and O–H groups in total. The van der Waals surface area contributed by atoms with Crippen LogP contribution in [0.5, 0.6) is 0 Å². The molecule has 0 aliphatic rings. The maximum atomic E-state index is 12.9. The predicted octanol–water partition coefficient (Wildman–Crippen LogP) is 3.42. The van der Waals surface area contributed by atoms with Gasteiger partial charge in [0.15, 0.2) is 5.78 Å². The van der Waals surface area contributed by atoms with Crippen LogP contribution in [0.25, 0.3) is 0 Å². The molecule has 6 nitrogen and oxygen atoms in total. The van der Waals surface area contributed by atoms with Gasteiger partial charge in [-0.25, -0.2) is 13.2 Å². The first kappa shape index (κ1) is 18.3. The van der Waals surface area contributed by atoms with Gasteiger partial charge < -0.3 is 5.11 Å². The third kappa shape index (κ3) is 3.88. The van der Waals surface area contributed by atoms with Crippen molar-refractivity contribution in [2.75, 3.05) is 4.72 Å². The van der Waals surface area contributed by atoms with Gasteiger partial charge in [0.1, 0.15) is 0 Å². The third-order valence-electron chi connectivity index (χ3n) is 3.87. The molecule has 3 aromatic rings. The Kier molecular flexibility index (Phi) is 5.05. The van der Waals surface area contributed by atoms with E-state index in [0.717, 1.165) is 0 Å². The molecule has 0 fully saturated rings. The molecule has 7 heteroatoms. The third-order valence-corrected chi connectivity index (χ3v) is 5.25. The number of aromatic carboxylic acids is 1. The van der Waals surface area contributed by atoms with E-state index in [2.05, 4.69) is 4.72 Å². The lowest BCUT2D eigenvalue weighted by Gasteiger charge is -2.13. The lowest BCUT2D eigenvalue weighted by atomic mass is 9.97. The number of carboxylic acids is 1. The minimum atomic E-state index is -3.90. The second-order valence-corrected chi connectivity index (χ2v) is 7.33. The molecule has 3 rings (SSSR count). The maximum absolute atomic E-state index is 12.9. The summed E-state index contributed by atoms with van der Waals surface area (Å²) in [6.45, 7) is 0. The average molecular weight is 381 g/mol. The first-order valence-electron chi connectivity index (χ1n) is 7.94. The standard InChI is InChI=1S/C20H15NO5S/c22-19(15-10-4-5-11-16(15)20(23)24)17-12-6-7-13-18(17)21-27(25,26)14-8-2-1-3-9-14/h1-13,21H,(H,23,24). The topological polar surface area (TPSA) is 101 Å². The molecule has 0 saturated heterocycles. The van der Waals surface area contributed by atoms with Crippen molar-refractivity contribution in [3.05, 3.63) is 95.6 Å². The van der Waals surface area contributed by atoms with Gasteiger partial charge in [0.2, 0.25) is 0 Å². The monoisotopic (exact) mass is 381 g/mol. The summed E-state index contributed by atoms with van der Waals surface area (Å²) in [6.07, 6.45) is 0. The molecule has 27 heavy (non-hydrogen) atoms. The summed E-state index contributed by atoms with van der Waals surface area (Å²) in [6, 6.07) is 19.6. The lowest BCUT2D eigenvalue weighted by molar-refractivity contribution is 0.0692. The molecule has 0 aromatic heterocycles. The normalized spacial score (nSPS) is 11.0. The van der Waals surface area contributed by atoms with Gasteiger partial charge in [-0.05, 0) is 30.3 Å². The van der Waals surface area contributed by atoms with Crippen LogP contribution in [-0.2, 0) is 10.0 Å². The van der Waals surface area contributed by atoms with Crippen LogP contribution in [-0.4, -0.2) is 25.3 Å². The number of para-hydroxylation sites is 1. The highest BCUT2D eigenvalue weighted by molar-refractivity contribution is 7.92. The highest BCUT2D eigenvalue weighted by Crippen LogP contribution is 2.24. The molecule has 0 bridgehead atoms. The van der Waals surface area contributed by atoms with Gasteiger partial charge in [0.25, 0.3) is 10.0 Å². The number of ketones is 1. The first-order chi connectivity index (χ1) is 12.9. The number of benzene rings is 3. The van der Waals surface area contributed by atoms with Crippen LogP contribution in [0.15, 0.2) is 83.8 Å². The molecule has 136 valence electrons. The number of hydrogen-bond donors (Lipinski definition) is 2. The van der Waals surface area contributed by atoms with Gasteiger partial charge in [0.05, 0.1) is 16.1 Å². The van der Waals surface area contributed by atoms with Crippen molar-refractivity contribution in [2.45, 2.75) is 4.90 Å². The van der Waals surface area contributed by atoms with Crippen LogP contribution < -0.4 is 4.72 Å². The maximum Gasteiger partial charge on any atom is 0.336 e. The largest absolute Gasteiger partial charge is 0.478 e. The summed E-state index contributed by atoms with van der Waals surface area (Å²) in [5.41, 5.74) is -0.0307. The van der Waals surface area contributed by atoms with Crippen LogP contribution in [0.3, 0.4) is 0 Å². The Morgan fingerprint density at radius 3 is 1.85 bits per heavy atom. The number of sulfonamides is 1. The van der Waals surface area contributed by atoms with E-state index in [1.807, 2.05) is 0 Å². The quantitative estimate of drug-likeness (QED) is 0.637. The number of rotatable bonds is 6. The van der Waals surface area contributed by atoms with Crippen molar-refractivity contribution in [1.29, 1.82) is 0 Å². The summed E-state index contributed by atoms with van der Waals surface area (Å²) in [5, 5.41) is 9.30. The fourth-order valence-electron chi connectivity index (χ4n) is 2.59. The number of carboxylic acid groups (broad SMARTS) is 1. The minimum Gasteiger partial charge on any atom is -0.478 e. The second-order valence-electron chi connectivity index (χ2n) is 5.64. The Hall–Kier alpha value is -3.45. The van der Waals surface area contributed by atoms with Gasteiger partial charge in [0, 0.05) is 11.1 Å². The Morgan fingerprint density at radius 2 is 1.22 bits per heavy atom. The highest BCUT2D eigenvalue weighted by atomic mass is 32.2. The van der Waals surface area contributed by atoms with Crippen molar-refractivity contribution < 1.29 is 23.1 Å². The number of carbonyl (C=O) groups is 2. The smallest absolute Gasteiger partial charge is 0.336 e. The zero-order valence-electron chi connectivity index (χ0n) is 14.0. The Bertz CT molecular complexity index is 1110. The zero-order chi connectivity index (χ0) is 19.4. The number of hydrogen-bond acceptors (Lipinski definition) is 4. The molecule has 0 aliphatic carbocycles. The van der Waals surface area contributed by atoms with E-state index in [0.29, 0.717) is 0 Å². The molecule has 0 saturated carbocycles. The van der Waals surface area contributed by atoms with Gasteiger partial charge in [-0.3, -0.25) is 9.52 Å². The summed E-state index contributed by atoms with van der Waals surface area (Å²) in [7, 11) is -3.90. The summed E-state index contributed by atoms with van der Waals surface area (Å²) in [5.74, 6) is -1.82. The number of carbonyl (C=O) groups excluding carboxylic acids is 1. The fraction of sp³-hybridized carbons (Fsp3) is 0. The van der Waals surface area contributed by atoms with Gasteiger partial charge in [-0.1, -0.05) is 48.5 Å². The molecule has 0 radical (unpaired) electrons. The molecular weight excluding hydrogens is 366 g/mol. The van der Waals surface area contributed by atoms with E-state index in [1.165, 1.54) is 42.5 Å². The van der Waals surface area contributed by atoms with Crippen LogP contribution in [0.2, 0.25) is 0 Å². The predicted molar refractivity (Wildman–Crippen MR) is 101 cm³/mol. The van der Waals surface area contributed by atoms with Gasteiger partial charge in [-0.2, -0.15) is 0 Å². The Morgan fingerprint density at radius 1 is 0.704 bits per heavy atom. The fourth-order valence-corrected chi connectivity index (χ4v) is 3.69. The van der Waals surface area contributed by atoms with Crippen molar-refractivity contribution in [3.63, 3.8) is 0 Å². The molecule has 0 atom stereocenters. The highest BCUT2D eigenvalue weighted by Gasteiger charge is 2.22. The van der Waals surface area contributed by atoms with E-state index in [9.17, 15) is 23.1 Å². The molecule has 3 aromatic carbocycles. The minimum absolute atomic E-state index is 0.0173. The van der Waals surface area contributed by atoms with Crippen LogP contribution in [0, 0.1) is 0 Å². The first-order valence-corrected chi connectivity index (χ1v) is 9.42. The van der Waals surface area contributed by atoms with Gasteiger partial charge >= 0.3 is 5.97 Å². The zero-order valence-corrected chi connectivity index (χ0v) is 14.8. The molecule has 0 spiro atoms. The van der Waals surface area contributed by atoms with E-state index in [1.54, 1.807) is 36.4 Å². The van der Waals surface area contributed by atoms with E-state index < -0.39 is 21.8 Å². The Labute approximate surface area is 156 Å². The van der Waals surface area contributed by atoms with Crippen molar-refractivity contribution in [2.24, 2.45) is 0 Å². The van der Waals surface area contributed by atoms with Crippen LogP contribution in [0.4, 0.5) is 5.69 Å². The van der Waals surface area contributed by atoms with Crippen molar-refractivity contribution in [3.8, 4) is 0 Å². The molecule has 0 heterocycles. The Balaban J connectivity index is 2.03. The molecular formula is C20H15NO5S. The summed E-state index contributed by atoms with van der Waals surface area (Å²) < 4.78 is 27.5. The molecule has 0 aliphatic heterocycles. The molecule has 0 amide bonds. The van der Waals surface area contributed by atoms with Crippen LogP contribution in [0.1, 0.15) is 26.3 Å². The van der Waals surface area contributed by atoms with Crippen molar-refractivity contribution >= 4 is 27.5 Å². The number of nitrogens with one attached hydrogen (secondary N) is 1.